The third kappa shape index (κ3) is 23.8. The van der Waals surface area contributed by atoms with E-state index in [-0.39, 0.29) is 116 Å². The number of urea groups is 1. The van der Waals surface area contributed by atoms with Crippen molar-refractivity contribution in [2.45, 2.75) is 233 Å². The van der Waals surface area contributed by atoms with Gasteiger partial charge in [0.2, 0.25) is 69.3 Å². The molecule has 136 heavy (non-hydrogen) atoms. The first-order valence-electron chi connectivity index (χ1n) is 45.3. The van der Waals surface area contributed by atoms with Crippen LogP contribution in [0.15, 0.2) is 97.1 Å². The molecule has 18 atom stereocenters. The van der Waals surface area contributed by atoms with Crippen LogP contribution in [0, 0.1) is 29.6 Å². The maximum absolute atomic E-state index is 16.7. The Hall–Kier alpha value is -10.8. The molecule has 17 rings (SSSR count). The number of aliphatic hydroxyl groups excluding tert-OH is 6. The van der Waals surface area contributed by atoms with Gasteiger partial charge >= 0.3 is 6.03 Å². The zero-order valence-electron chi connectivity index (χ0n) is 75.7. The Morgan fingerprint density at radius 1 is 0.684 bits per heavy atom. The number of unbranched alkanes of at least 4 members (excludes halogenated alkanes) is 1. The maximum atomic E-state index is 16.7. The van der Waals surface area contributed by atoms with Crippen molar-refractivity contribution in [1.82, 2.24) is 57.9 Å². The molecule has 23 N–H and O–H groups in total. The molecule has 16 bridgehead atoms. The number of fused-ring (bicyclic) bond motifs is 17. The van der Waals surface area contributed by atoms with Crippen LogP contribution in [-0.2, 0) is 75.6 Å². The molecule has 2 saturated heterocycles. The molecular weight excluding hydrogens is 1830 g/mol. The third-order valence-electron chi connectivity index (χ3n) is 26.3. The molecule has 0 radical (unpaired) electrons. The van der Waals surface area contributed by atoms with Crippen LogP contribution in [0.4, 0.5) is 10.5 Å². The van der Waals surface area contributed by atoms with E-state index < -0.39 is 251 Å². The number of hydrogen-bond donors (Lipinski definition) is 22. The van der Waals surface area contributed by atoms with Crippen molar-refractivity contribution in [2.24, 2.45) is 35.3 Å². The van der Waals surface area contributed by atoms with Gasteiger partial charge in [0.05, 0.1) is 72.5 Å². The van der Waals surface area contributed by atoms with Crippen molar-refractivity contribution < 1.29 is 131 Å². The molecule has 40 nitrogen and oxygen atoms in total. The molecule has 0 aromatic heterocycles. The van der Waals surface area contributed by atoms with Crippen LogP contribution in [0.25, 0.3) is 11.1 Å². The summed E-state index contributed by atoms with van der Waals surface area (Å²) < 4.78 is 70.8. The van der Waals surface area contributed by atoms with Crippen molar-refractivity contribution in [3.63, 3.8) is 0 Å². The lowest BCUT2D eigenvalue weighted by Crippen LogP contribution is -2.64. The fourth-order valence-corrected chi connectivity index (χ4v) is 20.5. The predicted molar refractivity (Wildman–Crippen MR) is 489 cm³/mol. The summed E-state index contributed by atoms with van der Waals surface area (Å²) in [4.78, 5) is 139. The summed E-state index contributed by atoms with van der Waals surface area (Å²) in [5.74, 6) is -12.3. The van der Waals surface area contributed by atoms with Gasteiger partial charge < -0.3 is 138 Å². The Labute approximate surface area is 793 Å². The number of carbonyl (C=O) groups is 9. The van der Waals surface area contributed by atoms with E-state index in [0.717, 1.165) is 50.5 Å². The first-order chi connectivity index (χ1) is 64.6. The number of anilines is 1. The summed E-state index contributed by atoms with van der Waals surface area (Å²) in [6.45, 7) is 5.68. The first kappa shape index (κ1) is 101. The van der Waals surface area contributed by atoms with Crippen LogP contribution in [0.1, 0.15) is 162 Å². The number of aliphatic hydroxyl groups is 6. The molecular formula is C93H117Cl2N13O27S. The van der Waals surface area contributed by atoms with Gasteiger partial charge in [-0.1, -0.05) is 55.2 Å². The number of phenols is 3. The van der Waals surface area contributed by atoms with E-state index in [1.54, 1.807) is 0 Å². The number of halogens is 2. The van der Waals surface area contributed by atoms with E-state index in [2.05, 4.69) is 63.2 Å². The van der Waals surface area contributed by atoms with Gasteiger partial charge in [0.25, 0.3) is 0 Å². The fourth-order valence-electron chi connectivity index (χ4n) is 19.5. The topological polar surface area (TPSA) is 605 Å². The monoisotopic (exact) mass is 1950 g/mol. The number of likely N-dealkylation sites (N-methyl/N-ethyl adjacent to an activating group) is 1. The van der Waals surface area contributed by atoms with E-state index in [4.69, 9.17) is 62.1 Å². The van der Waals surface area contributed by atoms with Gasteiger partial charge in [0.15, 0.2) is 23.9 Å². The standard InChI is InChI=1S/C93H117Cl2N13O27S/c1-41(2)22-58(97-5)84(119)102-60-35-64(111)46-11-18-67(56(94)32-46)131-69-29-45-28-59(101-86(121)62(103-85(60)120)37-72(114)105-92(126)100-51-13-15-52(129-6)16-14-51)87(122)107-76-48-10-17-63(110)53(31-48)74-54(34-66(113)55(78(74)115)39-98-20-8-9-21-99-136(7,127)128)77(90(125)106-75-49-24-43-23-44(26-49)27-50(75)25-43)108-88(123)61(104-89(76)124)36-65(112)47-12-19-68(57(95)33-47)132-70(30-45)81(69)135-91-82(80(117)79(116)71(40-109)133-91)134-73-38-93(4,96)83(118)42(3)130-73/h10-19,29-34,41-44,49-50,58-62,64-65,71,73,75-77,79-80,82-83,91,97-99,109-113,115-118H,8-9,20-28,35-40,96H2,1-7H3,(H,101,121)(H,102,119)(H,103,120)(H,104,124)(H,106,125)(H,107,122)(H,108,123)(H2,100,105,114,126)/t42-,43?,44?,49?,50?,58+,59+,60+,61-,62-,64-,65-,71+,73-,75?,76+,77-,79+,80-,82+,83+,91-,93-/m0/s1. The quantitative estimate of drug-likeness (QED) is 0.0382. The lowest BCUT2D eigenvalue weighted by molar-refractivity contribution is -0.333. The molecule has 6 aromatic carbocycles. The number of ether oxygens (including phenoxy) is 7. The minimum Gasteiger partial charge on any atom is -0.507 e. The van der Waals surface area contributed by atoms with Gasteiger partial charge in [-0.2, -0.15) is 0 Å². The second-order valence-corrected chi connectivity index (χ2v) is 39.7. The molecule has 7 heterocycles. The smallest absolute Gasteiger partial charge is 0.325 e. The Morgan fingerprint density at radius 2 is 1.31 bits per heavy atom. The van der Waals surface area contributed by atoms with E-state index >= 15 is 28.8 Å². The third-order valence-corrected chi connectivity index (χ3v) is 27.7. The van der Waals surface area contributed by atoms with Gasteiger partial charge in [0.1, 0.15) is 89.1 Å². The summed E-state index contributed by atoms with van der Waals surface area (Å²) >= 11 is 14.5. The van der Waals surface area contributed by atoms with E-state index in [9.17, 15) is 68.8 Å². The zero-order valence-corrected chi connectivity index (χ0v) is 78.0. The molecule has 736 valence electrons. The number of benzene rings is 6. The normalized spacial score (nSPS) is 29.2. The molecule has 43 heteroatoms. The summed E-state index contributed by atoms with van der Waals surface area (Å²) in [6, 6.07) is 5.62. The number of imide groups is 1. The average molecular weight is 1950 g/mol. The van der Waals surface area contributed by atoms with Gasteiger partial charge in [-0.3, -0.25) is 43.7 Å². The highest BCUT2D eigenvalue weighted by atomic mass is 35.5. The highest BCUT2D eigenvalue weighted by Crippen LogP contribution is 2.55. The van der Waals surface area contributed by atoms with E-state index in [1.165, 1.54) is 113 Å². The number of sulfonamides is 1. The number of carbonyl (C=O) groups excluding carboxylic acids is 9. The summed E-state index contributed by atoms with van der Waals surface area (Å²) in [5, 5.41) is 138. The summed E-state index contributed by atoms with van der Waals surface area (Å²) in [7, 11) is -0.632. The van der Waals surface area contributed by atoms with Crippen molar-refractivity contribution in [1.29, 1.82) is 0 Å². The number of nitrogens with one attached hydrogen (secondary N) is 12. The van der Waals surface area contributed by atoms with Crippen LogP contribution in [0.5, 0.6) is 51.7 Å². The van der Waals surface area contributed by atoms with Crippen LogP contribution in [0.2, 0.25) is 10.0 Å². The van der Waals surface area contributed by atoms with Gasteiger partial charge in [-0.15, -0.1) is 0 Å². The second kappa shape index (κ2) is 43.0. The van der Waals surface area contributed by atoms with Crippen molar-refractivity contribution in [3.05, 3.63) is 140 Å². The number of aromatic hydroxyl groups is 3. The summed E-state index contributed by atoms with van der Waals surface area (Å²) in [5.41, 5.74) is 3.56. The Kier molecular flexibility index (Phi) is 32.0. The highest BCUT2D eigenvalue weighted by molar-refractivity contribution is 7.88. The van der Waals surface area contributed by atoms with E-state index in [0.29, 0.717) is 30.4 Å². The minimum atomic E-state index is -3.54. The molecule has 6 aromatic rings. The molecule has 0 unspecified atom stereocenters. The van der Waals surface area contributed by atoms with Crippen molar-refractivity contribution >= 4 is 92.2 Å². The Bertz CT molecular complexity index is 5560. The van der Waals surface area contributed by atoms with Crippen LogP contribution < -0.4 is 87.9 Å². The Morgan fingerprint density at radius 3 is 1.92 bits per heavy atom. The average Bonchev–Trinajstić information content (AvgIpc) is 0.753. The predicted octanol–water partition coefficient (Wildman–Crippen LogP) is 3.90. The number of amides is 10. The van der Waals surface area contributed by atoms with Crippen molar-refractivity contribution in [2.75, 3.05) is 45.4 Å². The summed E-state index contributed by atoms with van der Waals surface area (Å²) in [6.07, 6.45) is -14.3. The number of rotatable bonds is 24. The zero-order chi connectivity index (χ0) is 97.8. The molecule has 11 aliphatic rings. The SMILES string of the molecule is CN[C@H](CC(C)C)C(=O)N[C@@H]1C[C@H](O)c2ccc(c(Cl)c2)Oc2cc3cc(c2O[C@@H]2O[C@H](CO)[C@@H](O)[C@H](O)[C@H]2O[C@H]2C[C@](C)(N)[C@H](O)[C@H](C)O2)Oc2ccc(cc2Cl)[C@@H](O)C[C@@H]2NC(=O)[C@H](NC(=O)[C@@H](C3)NC(=O)[C@H](CC(=O)NC(=O)Nc3ccc(OC)cc3)NC1=O)c1ccc(O)c(c1)-c1c(cc(O)c(CNCCCCNS(C)(=O)=O)c1O)[C@@H](C(=O)NC1C3CC4CC(C3)CC1C4)NC2=O. The van der Waals surface area contributed by atoms with Crippen LogP contribution in [0.3, 0.4) is 0 Å². The fraction of sp³-hybridized carbons (Fsp3) is 0.516. The molecule has 0 spiro atoms. The number of phenolic OH excluding ortho intramolecular Hbond substituents is 3. The number of methoxy groups -OCH3 is 1. The maximum Gasteiger partial charge on any atom is 0.325 e. The van der Waals surface area contributed by atoms with Crippen LogP contribution in [-0.4, -0.2) is 239 Å². The Balaban J connectivity index is 0.955. The molecule has 6 fully saturated rings. The largest absolute Gasteiger partial charge is 0.507 e. The number of hydrogen-bond acceptors (Lipinski definition) is 30. The minimum absolute atomic E-state index is 0.00908. The second-order valence-electron chi connectivity index (χ2n) is 37.1. The molecule has 7 aliphatic heterocycles. The first-order valence-corrected chi connectivity index (χ1v) is 47.9. The highest BCUT2D eigenvalue weighted by Gasteiger charge is 2.53. The van der Waals surface area contributed by atoms with Crippen molar-refractivity contribution in [3.8, 4) is 62.9 Å². The van der Waals surface area contributed by atoms with Gasteiger partial charge in [-0.05, 0) is 215 Å². The van der Waals surface area contributed by atoms with Gasteiger partial charge in [0, 0.05) is 67.2 Å². The lowest BCUT2D eigenvalue weighted by Gasteiger charge is -2.54. The van der Waals surface area contributed by atoms with Gasteiger partial charge in [-0.25, -0.2) is 17.9 Å². The molecule has 10 amide bonds. The lowest BCUT2D eigenvalue weighted by atomic mass is 9.54. The molecule has 4 saturated carbocycles. The molecule has 4 aliphatic carbocycles. The van der Waals surface area contributed by atoms with E-state index in [1.807, 2.05) is 13.8 Å². The number of nitrogens with two attached hydrogens (primary N) is 1. The van der Waals surface area contributed by atoms with Crippen LogP contribution >= 0.6 is 23.2 Å².